The van der Waals surface area contributed by atoms with Crippen molar-refractivity contribution in [1.29, 1.82) is 0 Å². The van der Waals surface area contributed by atoms with Gasteiger partial charge in [0.15, 0.2) is 11.6 Å². The number of aryl methyl sites for hydroxylation is 1. The molecule has 1 aromatic carbocycles. The van der Waals surface area contributed by atoms with Crippen molar-refractivity contribution < 1.29 is 9.13 Å². The average Bonchev–Trinajstić information content (AvgIpc) is 2.36. The summed E-state index contributed by atoms with van der Waals surface area (Å²) in [4.78, 5) is 0. The summed E-state index contributed by atoms with van der Waals surface area (Å²) in [6, 6.07) is 2.02. The lowest BCUT2D eigenvalue weighted by molar-refractivity contribution is 0.363. The molecule has 1 atom stereocenters. The Hall–Kier alpha value is -0.610. The molecule has 0 spiro atoms. The maximum Gasteiger partial charge on any atom is 0.171 e. The lowest BCUT2D eigenvalue weighted by atomic mass is 9.95. The number of nitrogens with one attached hydrogen (secondary N) is 1. The molecule has 0 bridgehead atoms. The summed E-state index contributed by atoms with van der Waals surface area (Å²) in [6.45, 7) is 2.92. The standard InChI is InChI=1S/C13H17BrFNO/c1-8-7-9(10-5-3-4-6-16-10)12(15)13(17-2)11(8)14/h7,10,16H,3-6H2,1-2H3. The fourth-order valence-electron chi connectivity index (χ4n) is 2.32. The minimum absolute atomic E-state index is 0.115. The van der Waals surface area contributed by atoms with E-state index in [1.807, 2.05) is 13.0 Å². The third kappa shape index (κ3) is 2.47. The molecule has 0 radical (unpaired) electrons. The first-order valence-corrected chi connectivity index (χ1v) is 6.70. The van der Waals surface area contributed by atoms with E-state index in [9.17, 15) is 4.39 Å². The molecule has 1 N–H and O–H groups in total. The second-order valence-electron chi connectivity index (χ2n) is 4.45. The maximum absolute atomic E-state index is 14.3. The van der Waals surface area contributed by atoms with E-state index in [2.05, 4.69) is 21.2 Å². The zero-order valence-electron chi connectivity index (χ0n) is 10.1. The molecule has 1 aliphatic rings. The van der Waals surface area contributed by atoms with E-state index in [0.717, 1.165) is 30.5 Å². The number of ether oxygens (including phenoxy) is 1. The molecular weight excluding hydrogens is 285 g/mol. The Morgan fingerprint density at radius 3 is 2.82 bits per heavy atom. The van der Waals surface area contributed by atoms with E-state index < -0.39 is 0 Å². The second-order valence-corrected chi connectivity index (χ2v) is 5.24. The number of methoxy groups -OCH3 is 1. The van der Waals surface area contributed by atoms with Gasteiger partial charge in [-0.15, -0.1) is 0 Å². The largest absolute Gasteiger partial charge is 0.492 e. The molecule has 2 rings (SSSR count). The van der Waals surface area contributed by atoms with Gasteiger partial charge in [0, 0.05) is 11.6 Å². The van der Waals surface area contributed by atoms with Crippen LogP contribution in [0.25, 0.3) is 0 Å². The Morgan fingerprint density at radius 1 is 1.47 bits per heavy atom. The summed E-state index contributed by atoms with van der Waals surface area (Å²) < 4.78 is 20.1. The molecule has 0 amide bonds. The van der Waals surface area contributed by atoms with Crippen LogP contribution in [0, 0.1) is 12.7 Å². The molecule has 4 heteroatoms. The highest BCUT2D eigenvalue weighted by Gasteiger charge is 2.23. The first-order valence-electron chi connectivity index (χ1n) is 5.91. The van der Waals surface area contributed by atoms with Gasteiger partial charge in [-0.1, -0.05) is 12.5 Å². The highest BCUT2D eigenvalue weighted by atomic mass is 79.9. The summed E-state index contributed by atoms with van der Waals surface area (Å²) in [5.74, 6) is 0.0664. The highest BCUT2D eigenvalue weighted by Crippen LogP contribution is 2.37. The molecule has 1 heterocycles. The number of piperidine rings is 1. The average molecular weight is 302 g/mol. The smallest absolute Gasteiger partial charge is 0.171 e. The summed E-state index contributed by atoms with van der Waals surface area (Å²) >= 11 is 3.36. The van der Waals surface area contributed by atoms with E-state index in [4.69, 9.17) is 4.74 Å². The molecule has 1 aliphatic heterocycles. The Labute approximate surface area is 110 Å². The normalized spacial score (nSPS) is 20.4. The second kappa shape index (κ2) is 5.36. The van der Waals surface area contributed by atoms with Crippen molar-refractivity contribution in [2.45, 2.75) is 32.2 Å². The van der Waals surface area contributed by atoms with Crippen LogP contribution in [-0.4, -0.2) is 13.7 Å². The molecule has 0 aromatic heterocycles. The van der Waals surface area contributed by atoms with Crippen LogP contribution in [0.15, 0.2) is 10.5 Å². The zero-order chi connectivity index (χ0) is 12.4. The quantitative estimate of drug-likeness (QED) is 0.899. The number of hydrogen-bond donors (Lipinski definition) is 1. The first kappa shape index (κ1) is 12.8. The van der Waals surface area contributed by atoms with Gasteiger partial charge < -0.3 is 10.1 Å². The monoisotopic (exact) mass is 301 g/mol. The molecule has 1 aromatic rings. The number of benzene rings is 1. The van der Waals surface area contributed by atoms with Crippen molar-refractivity contribution in [3.05, 3.63) is 27.5 Å². The van der Waals surface area contributed by atoms with Crippen LogP contribution in [0.4, 0.5) is 4.39 Å². The van der Waals surface area contributed by atoms with Gasteiger partial charge in [0.1, 0.15) is 0 Å². The Kier molecular flexibility index (Phi) is 4.05. The Bertz CT molecular complexity index is 416. The van der Waals surface area contributed by atoms with Gasteiger partial charge >= 0.3 is 0 Å². The predicted octanol–water partition coefficient (Wildman–Crippen LogP) is 3.72. The van der Waals surface area contributed by atoms with Crippen molar-refractivity contribution >= 4 is 15.9 Å². The summed E-state index contributed by atoms with van der Waals surface area (Å²) in [6.07, 6.45) is 3.31. The first-order chi connectivity index (χ1) is 8.15. The molecule has 1 unspecified atom stereocenters. The molecular formula is C13H17BrFNO. The third-order valence-corrected chi connectivity index (χ3v) is 4.25. The highest BCUT2D eigenvalue weighted by molar-refractivity contribution is 9.10. The van der Waals surface area contributed by atoms with E-state index >= 15 is 0 Å². The molecule has 0 saturated carbocycles. The lowest BCUT2D eigenvalue weighted by Crippen LogP contribution is -2.27. The van der Waals surface area contributed by atoms with Crippen molar-refractivity contribution in [2.24, 2.45) is 0 Å². The maximum atomic E-state index is 14.3. The molecule has 0 aliphatic carbocycles. The number of halogens is 2. The van der Waals surface area contributed by atoms with Crippen LogP contribution in [-0.2, 0) is 0 Å². The van der Waals surface area contributed by atoms with Gasteiger partial charge in [0.05, 0.1) is 11.6 Å². The van der Waals surface area contributed by atoms with Crippen molar-refractivity contribution in [3.8, 4) is 5.75 Å². The Balaban J connectivity index is 2.42. The minimum atomic E-state index is -0.246. The van der Waals surface area contributed by atoms with Crippen molar-refractivity contribution in [1.82, 2.24) is 5.32 Å². The van der Waals surface area contributed by atoms with Crippen LogP contribution in [0.3, 0.4) is 0 Å². The van der Waals surface area contributed by atoms with E-state index in [1.54, 1.807) is 0 Å². The van der Waals surface area contributed by atoms with Crippen LogP contribution in [0.2, 0.25) is 0 Å². The summed E-state index contributed by atoms with van der Waals surface area (Å²) in [5.41, 5.74) is 1.73. The molecule has 1 saturated heterocycles. The van der Waals surface area contributed by atoms with Crippen LogP contribution in [0.1, 0.15) is 36.4 Å². The van der Waals surface area contributed by atoms with Crippen LogP contribution >= 0.6 is 15.9 Å². The summed E-state index contributed by atoms with van der Waals surface area (Å²) in [7, 11) is 1.50. The van der Waals surface area contributed by atoms with Gasteiger partial charge in [-0.05, 0) is 47.8 Å². The number of rotatable bonds is 2. The van der Waals surface area contributed by atoms with E-state index in [1.165, 1.54) is 13.5 Å². The van der Waals surface area contributed by atoms with Gasteiger partial charge in [0.25, 0.3) is 0 Å². The lowest BCUT2D eigenvalue weighted by Gasteiger charge is -2.25. The predicted molar refractivity (Wildman–Crippen MR) is 70.0 cm³/mol. The SMILES string of the molecule is COc1c(F)c(C2CCCCN2)cc(C)c1Br. The van der Waals surface area contributed by atoms with Crippen molar-refractivity contribution in [2.75, 3.05) is 13.7 Å². The van der Waals surface area contributed by atoms with E-state index in [0.29, 0.717) is 10.2 Å². The van der Waals surface area contributed by atoms with E-state index in [-0.39, 0.29) is 11.9 Å². The van der Waals surface area contributed by atoms with Gasteiger partial charge in [-0.3, -0.25) is 0 Å². The van der Waals surface area contributed by atoms with Gasteiger partial charge in [-0.25, -0.2) is 4.39 Å². The van der Waals surface area contributed by atoms with Crippen LogP contribution < -0.4 is 10.1 Å². The fourth-order valence-corrected chi connectivity index (χ4v) is 2.77. The molecule has 94 valence electrons. The van der Waals surface area contributed by atoms with Crippen LogP contribution in [0.5, 0.6) is 5.75 Å². The molecule has 1 fully saturated rings. The van der Waals surface area contributed by atoms with Gasteiger partial charge in [-0.2, -0.15) is 0 Å². The topological polar surface area (TPSA) is 21.3 Å². The summed E-state index contributed by atoms with van der Waals surface area (Å²) in [5, 5.41) is 3.36. The molecule has 17 heavy (non-hydrogen) atoms. The van der Waals surface area contributed by atoms with Gasteiger partial charge in [0.2, 0.25) is 0 Å². The molecule has 2 nitrogen and oxygen atoms in total. The fraction of sp³-hybridized carbons (Fsp3) is 0.538. The zero-order valence-corrected chi connectivity index (χ0v) is 11.7. The Morgan fingerprint density at radius 2 is 2.24 bits per heavy atom. The third-order valence-electron chi connectivity index (χ3n) is 3.26. The minimum Gasteiger partial charge on any atom is -0.492 e. The van der Waals surface area contributed by atoms with Crippen molar-refractivity contribution in [3.63, 3.8) is 0 Å². The number of hydrogen-bond acceptors (Lipinski definition) is 2.